The number of benzene rings is 1. The normalized spacial score (nSPS) is 11.3. The molecule has 0 amide bonds. The standard InChI is InChI=1S/C20H19F2N3O3S/c1-13-7-8-15(17(11-13)28-3)12-25(19-6-4-5-18(22)24-19)29(26,27)20-10-9-16(21)14(2)23-20/h4-11H,12H2,1-3H3. The van der Waals surface area contributed by atoms with E-state index < -0.39 is 21.8 Å². The summed E-state index contributed by atoms with van der Waals surface area (Å²) in [6.07, 6.45) is 0. The first-order chi connectivity index (χ1) is 13.7. The van der Waals surface area contributed by atoms with Gasteiger partial charge in [0.2, 0.25) is 5.95 Å². The lowest BCUT2D eigenvalue weighted by atomic mass is 10.1. The summed E-state index contributed by atoms with van der Waals surface area (Å²) in [6.45, 7) is 3.06. The van der Waals surface area contributed by atoms with Gasteiger partial charge in [0.25, 0.3) is 10.0 Å². The zero-order valence-electron chi connectivity index (χ0n) is 16.1. The van der Waals surface area contributed by atoms with Crippen molar-refractivity contribution in [1.29, 1.82) is 0 Å². The van der Waals surface area contributed by atoms with Gasteiger partial charge < -0.3 is 4.74 Å². The number of pyridine rings is 2. The molecule has 1 aromatic carbocycles. The maximum Gasteiger partial charge on any atom is 0.283 e. The second kappa shape index (κ2) is 8.12. The predicted molar refractivity (Wildman–Crippen MR) is 104 cm³/mol. The Morgan fingerprint density at radius 3 is 2.45 bits per heavy atom. The number of nitrogens with zero attached hydrogens (tertiary/aromatic N) is 3. The molecule has 2 aromatic heterocycles. The fraction of sp³-hybridized carbons (Fsp3) is 0.200. The molecule has 0 fully saturated rings. The van der Waals surface area contributed by atoms with Crippen molar-refractivity contribution >= 4 is 15.8 Å². The van der Waals surface area contributed by atoms with E-state index in [1.54, 1.807) is 12.1 Å². The van der Waals surface area contributed by atoms with Crippen LogP contribution in [0.5, 0.6) is 5.75 Å². The van der Waals surface area contributed by atoms with Crippen LogP contribution in [0.3, 0.4) is 0 Å². The van der Waals surface area contributed by atoms with Crippen molar-refractivity contribution in [2.45, 2.75) is 25.4 Å². The lowest BCUT2D eigenvalue weighted by Crippen LogP contribution is -2.32. The van der Waals surface area contributed by atoms with Crippen LogP contribution >= 0.6 is 0 Å². The maximum absolute atomic E-state index is 13.7. The Labute approximate surface area is 167 Å². The number of aryl methyl sites for hydroxylation is 2. The van der Waals surface area contributed by atoms with Crippen LogP contribution in [0.4, 0.5) is 14.6 Å². The largest absolute Gasteiger partial charge is 0.496 e. The van der Waals surface area contributed by atoms with Crippen molar-refractivity contribution in [2.24, 2.45) is 0 Å². The SMILES string of the molecule is COc1cc(C)ccc1CN(c1cccc(F)n1)S(=O)(=O)c1ccc(F)c(C)n1. The molecule has 6 nitrogen and oxygen atoms in total. The fourth-order valence-electron chi connectivity index (χ4n) is 2.74. The highest BCUT2D eigenvalue weighted by molar-refractivity contribution is 7.92. The van der Waals surface area contributed by atoms with E-state index in [9.17, 15) is 17.2 Å². The van der Waals surface area contributed by atoms with Crippen LogP contribution in [0.25, 0.3) is 0 Å². The van der Waals surface area contributed by atoms with Crippen molar-refractivity contribution in [3.05, 3.63) is 77.1 Å². The lowest BCUT2D eigenvalue weighted by molar-refractivity contribution is 0.409. The zero-order chi connectivity index (χ0) is 21.2. The van der Waals surface area contributed by atoms with Crippen LogP contribution in [0.1, 0.15) is 16.8 Å². The second-order valence-corrected chi connectivity index (χ2v) is 8.17. The third-order valence-electron chi connectivity index (χ3n) is 4.26. The summed E-state index contributed by atoms with van der Waals surface area (Å²) in [5, 5.41) is -0.367. The van der Waals surface area contributed by atoms with Gasteiger partial charge in [-0.3, -0.25) is 0 Å². The van der Waals surface area contributed by atoms with E-state index in [2.05, 4.69) is 9.97 Å². The molecule has 152 valence electrons. The molecule has 0 saturated heterocycles. The molecule has 0 aliphatic carbocycles. The van der Waals surface area contributed by atoms with E-state index in [1.807, 2.05) is 13.0 Å². The first-order valence-electron chi connectivity index (χ1n) is 8.64. The van der Waals surface area contributed by atoms with Crippen molar-refractivity contribution in [2.75, 3.05) is 11.4 Å². The summed E-state index contributed by atoms with van der Waals surface area (Å²) in [5.74, 6) is -1.11. The molecule has 0 spiro atoms. The molecule has 0 aliphatic rings. The molecule has 0 atom stereocenters. The Balaban J connectivity index is 2.14. The van der Waals surface area contributed by atoms with Gasteiger partial charge in [0.15, 0.2) is 5.03 Å². The topological polar surface area (TPSA) is 72.4 Å². The molecule has 0 aliphatic heterocycles. The van der Waals surface area contributed by atoms with Crippen LogP contribution in [-0.4, -0.2) is 25.5 Å². The Morgan fingerprint density at radius 2 is 1.79 bits per heavy atom. The van der Waals surface area contributed by atoms with Crippen molar-refractivity contribution < 1.29 is 21.9 Å². The van der Waals surface area contributed by atoms with Gasteiger partial charge >= 0.3 is 0 Å². The lowest BCUT2D eigenvalue weighted by Gasteiger charge is -2.24. The van der Waals surface area contributed by atoms with E-state index in [0.717, 1.165) is 28.1 Å². The van der Waals surface area contributed by atoms with Crippen molar-refractivity contribution in [3.63, 3.8) is 0 Å². The third kappa shape index (κ3) is 4.34. The van der Waals surface area contributed by atoms with Gasteiger partial charge in [0.05, 0.1) is 19.3 Å². The average molecular weight is 419 g/mol. The van der Waals surface area contributed by atoms with Crippen LogP contribution in [0, 0.1) is 25.6 Å². The highest BCUT2D eigenvalue weighted by Crippen LogP contribution is 2.28. The van der Waals surface area contributed by atoms with E-state index in [1.165, 1.54) is 26.2 Å². The molecule has 9 heteroatoms. The monoisotopic (exact) mass is 419 g/mol. The molecule has 0 unspecified atom stereocenters. The summed E-state index contributed by atoms with van der Waals surface area (Å²) >= 11 is 0. The molecule has 3 rings (SSSR count). The molecule has 3 aromatic rings. The summed E-state index contributed by atoms with van der Waals surface area (Å²) in [4.78, 5) is 7.57. The molecule has 0 saturated carbocycles. The van der Waals surface area contributed by atoms with Gasteiger partial charge in [0.1, 0.15) is 17.4 Å². The van der Waals surface area contributed by atoms with Gasteiger partial charge in [0, 0.05) is 5.56 Å². The minimum absolute atomic E-state index is 0.0638. The number of methoxy groups -OCH3 is 1. The van der Waals surface area contributed by atoms with Gasteiger partial charge in [-0.15, -0.1) is 0 Å². The Bertz CT molecular complexity index is 1150. The summed E-state index contributed by atoms with van der Waals surface area (Å²) < 4.78 is 60.3. The number of halogens is 2. The van der Waals surface area contributed by atoms with E-state index in [0.29, 0.717) is 11.3 Å². The van der Waals surface area contributed by atoms with Gasteiger partial charge in [-0.25, -0.2) is 18.7 Å². The predicted octanol–water partition coefficient (Wildman–Crippen LogP) is 3.78. The van der Waals surface area contributed by atoms with Gasteiger partial charge in [-0.2, -0.15) is 12.8 Å². The number of rotatable bonds is 6. The summed E-state index contributed by atoms with van der Waals surface area (Å²) in [5.41, 5.74) is 1.41. The van der Waals surface area contributed by atoms with E-state index in [-0.39, 0.29) is 23.1 Å². The highest BCUT2D eigenvalue weighted by atomic mass is 32.2. The zero-order valence-corrected chi connectivity index (χ0v) is 16.9. The van der Waals surface area contributed by atoms with Crippen LogP contribution < -0.4 is 9.04 Å². The second-order valence-electron chi connectivity index (χ2n) is 6.36. The van der Waals surface area contributed by atoms with E-state index >= 15 is 0 Å². The molecular weight excluding hydrogens is 400 g/mol. The minimum atomic E-state index is -4.27. The molecule has 0 radical (unpaired) electrons. The Morgan fingerprint density at radius 1 is 1.03 bits per heavy atom. The maximum atomic E-state index is 13.7. The van der Waals surface area contributed by atoms with Crippen molar-refractivity contribution in [3.8, 4) is 5.75 Å². The highest BCUT2D eigenvalue weighted by Gasteiger charge is 2.29. The average Bonchev–Trinajstić information content (AvgIpc) is 2.68. The van der Waals surface area contributed by atoms with Crippen LogP contribution in [0.15, 0.2) is 53.6 Å². The molecule has 0 N–H and O–H groups in total. The smallest absolute Gasteiger partial charge is 0.283 e. The number of aromatic nitrogens is 2. The Hall–Kier alpha value is -3.07. The van der Waals surface area contributed by atoms with Crippen LogP contribution in [-0.2, 0) is 16.6 Å². The number of hydrogen-bond acceptors (Lipinski definition) is 5. The number of hydrogen-bond donors (Lipinski definition) is 0. The number of anilines is 1. The van der Waals surface area contributed by atoms with Gasteiger partial charge in [-0.05, 0) is 49.7 Å². The Kier molecular flexibility index (Phi) is 5.78. The van der Waals surface area contributed by atoms with Crippen molar-refractivity contribution in [1.82, 2.24) is 9.97 Å². The minimum Gasteiger partial charge on any atom is -0.496 e. The van der Waals surface area contributed by atoms with Crippen LogP contribution in [0.2, 0.25) is 0 Å². The quantitative estimate of drug-likeness (QED) is 0.569. The molecule has 0 bridgehead atoms. The van der Waals surface area contributed by atoms with E-state index in [4.69, 9.17) is 4.74 Å². The summed E-state index contributed by atoms with van der Waals surface area (Å²) in [6, 6.07) is 11.2. The summed E-state index contributed by atoms with van der Waals surface area (Å²) in [7, 11) is -2.80. The fourth-order valence-corrected chi connectivity index (χ4v) is 4.12. The molecule has 29 heavy (non-hydrogen) atoms. The number of sulfonamides is 1. The molecular formula is C20H19F2N3O3S. The third-order valence-corrected chi connectivity index (χ3v) is 5.92. The number of ether oxygens (including phenoxy) is 1. The first kappa shape index (κ1) is 20.7. The molecule has 2 heterocycles. The van der Waals surface area contributed by atoms with Gasteiger partial charge in [-0.1, -0.05) is 18.2 Å². The first-order valence-corrected chi connectivity index (χ1v) is 10.1.